The molecule has 0 radical (unpaired) electrons. The topological polar surface area (TPSA) is 87.7 Å². The van der Waals surface area contributed by atoms with E-state index in [1.54, 1.807) is 18.2 Å². The standard InChI is InChI=1S/C42H54ClF2N3O4S/c1-5-26(3)32(23-31(49)19-29-9-7-8-10-38(29)45)40(51)47-42(12-11-28-20-35-34(36(28)25-42)21-30(44)22-37(35)43)39(50)24-33(27(4)6-2)41(53)46-13-14-48-15-17-52-18-16-48/h7-10,21-22,26-27,32-33H,5-6,11-20,23-25H2,1-4H3,(H,46,53)(H,47,51)/t26?,27?,32-,33-,42+/m0/s1. The number of nitrogens with zero attached hydrogens (tertiary/aromatic N) is 1. The summed E-state index contributed by atoms with van der Waals surface area (Å²) in [6.45, 7) is 12.7. The fourth-order valence-corrected chi connectivity index (χ4v) is 8.74. The van der Waals surface area contributed by atoms with Crippen molar-refractivity contribution in [2.45, 2.75) is 91.0 Å². The van der Waals surface area contributed by atoms with Gasteiger partial charge in [0.2, 0.25) is 5.91 Å². The quantitative estimate of drug-likeness (QED) is 0.160. The van der Waals surface area contributed by atoms with E-state index in [0.717, 1.165) is 42.8 Å². The highest BCUT2D eigenvalue weighted by atomic mass is 35.5. The summed E-state index contributed by atoms with van der Waals surface area (Å²) in [5.74, 6) is -2.73. The molecule has 1 heterocycles. The monoisotopic (exact) mass is 769 g/mol. The number of ketones is 2. The predicted octanol–water partition coefficient (Wildman–Crippen LogP) is 7.70. The third-order valence-corrected chi connectivity index (χ3v) is 12.7. The summed E-state index contributed by atoms with van der Waals surface area (Å²) in [7, 11) is 0. The van der Waals surface area contributed by atoms with Gasteiger partial charge in [0, 0.05) is 68.7 Å². The van der Waals surface area contributed by atoms with E-state index in [-0.39, 0.29) is 66.5 Å². The molecule has 1 aliphatic heterocycles. The lowest BCUT2D eigenvalue weighted by molar-refractivity contribution is -0.137. The summed E-state index contributed by atoms with van der Waals surface area (Å²) in [4.78, 5) is 45.8. The number of thiocarbonyl (C=S) groups is 1. The van der Waals surface area contributed by atoms with Crippen LogP contribution in [0.4, 0.5) is 8.78 Å². The maximum atomic E-state index is 15.0. The Labute approximate surface area is 323 Å². The first kappa shape index (κ1) is 41.1. The highest BCUT2D eigenvalue weighted by Gasteiger charge is 2.47. The summed E-state index contributed by atoms with van der Waals surface area (Å²) in [6.07, 6.45) is 3.03. The van der Waals surface area contributed by atoms with E-state index in [9.17, 15) is 23.2 Å². The Morgan fingerprint density at radius 2 is 1.72 bits per heavy atom. The molecule has 3 aliphatic rings. The van der Waals surface area contributed by atoms with Gasteiger partial charge < -0.3 is 15.4 Å². The van der Waals surface area contributed by atoms with Gasteiger partial charge in [-0.25, -0.2) is 8.78 Å². The molecule has 2 aliphatic carbocycles. The molecule has 2 N–H and O–H groups in total. The third kappa shape index (κ3) is 9.99. The van der Waals surface area contributed by atoms with Gasteiger partial charge in [0.25, 0.3) is 0 Å². The van der Waals surface area contributed by atoms with Gasteiger partial charge in [0.1, 0.15) is 23.0 Å². The zero-order valence-electron chi connectivity index (χ0n) is 31.5. The molecule has 0 bridgehead atoms. The Morgan fingerprint density at radius 3 is 2.42 bits per heavy atom. The second-order valence-corrected chi connectivity index (χ2v) is 16.1. The first-order valence-corrected chi connectivity index (χ1v) is 20.0. The van der Waals surface area contributed by atoms with Crippen molar-refractivity contribution in [2.75, 3.05) is 39.4 Å². The van der Waals surface area contributed by atoms with Gasteiger partial charge in [-0.3, -0.25) is 19.3 Å². The van der Waals surface area contributed by atoms with Crippen molar-refractivity contribution in [3.63, 3.8) is 0 Å². The predicted molar refractivity (Wildman–Crippen MR) is 210 cm³/mol. The molecule has 2 aromatic rings. The Bertz CT molecular complexity index is 1710. The zero-order chi connectivity index (χ0) is 38.3. The Balaban J connectivity index is 1.41. The smallest absolute Gasteiger partial charge is 0.224 e. The minimum absolute atomic E-state index is 0.0797. The van der Waals surface area contributed by atoms with Gasteiger partial charge >= 0.3 is 0 Å². The lowest BCUT2D eigenvalue weighted by Gasteiger charge is -2.40. The van der Waals surface area contributed by atoms with Gasteiger partial charge in [-0.2, -0.15) is 0 Å². The number of amides is 1. The van der Waals surface area contributed by atoms with E-state index >= 15 is 0 Å². The highest BCUT2D eigenvalue weighted by Crippen LogP contribution is 2.48. The number of fused-ring (bicyclic) bond motifs is 2. The van der Waals surface area contributed by atoms with E-state index < -0.39 is 23.1 Å². The van der Waals surface area contributed by atoms with Crippen molar-refractivity contribution >= 4 is 51.9 Å². The lowest BCUT2D eigenvalue weighted by Crippen LogP contribution is -2.58. The van der Waals surface area contributed by atoms with Crippen LogP contribution < -0.4 is 10.6 Å². The molecular formula is C42H54ClF2N3O4S. The summed E-state index contributed by atoms with van der Waals surface area (Å²) in [5.41, 5.74) is 2.47. The number of hydrogen-bond acceptors (Lipinski definition) is 6. The maximum absolute atomic E-state index is 15.0. The number of benzene rings is 2. The number of Topliss-reactive ketones (excluding diaryl/α,β-unsaturated/α-hetero) is 2. The number of nitrogens with one attached hydrogen (secondary N) is 2. The fraction of sp³-hybridized carbons (Fsp3) is 0.571. The molecule has 1 amide bonds. The molecule has 288 valence electrons. The molecule has 2 unspecified atom stereocenters. The highest BCUT2D eigenvalue weighted by molar-refractivity contribution is 7.80. The number of ether oxygens (including phenoxy) is 1. The van der Waals surface area contributed by atoms with E-state index in [4.69, 9.17) is 28.6 Å². The zero-order valence-corrected chi connectivity index (χ0v) is 33.1. The molecule has 0 saturated carbocycles. The van der Waals surface area contributed by atoms with Crippen molar-refractivity contribution in [1.82, 2.24) is 15.5 Å². The van der Waals surface area contributed by atoms with Crippen molar-refractivity contribution in [3.8, 4) is 0 Å². The SMILES string of the molecule is CCC(C)[C@H](CC(=O)Cc1ccccc1F)C(=O)N[C@]1(C(=O)C[C@H](C(=S)NCCN2CCOCC2)C(C)CC)CCC2=C(C1)c1cc(F)cc(Cl)c1C2. The van der Waals surface area contributed by atoms with Gasteiger partial charge in [0.15, 0.2) is 5.78 Å². The van der Waals surface area contributed by atoms with E-state index in [0.29, 0.717) is 61.0 Å². The number of rotatable bonds is 17. The number of carbonyl (C=O) groups excluding carboxylic acids is 3. The Kier molecular flexibility index (Phi) is 14.4. The van der Waals surface area contributed by atoms with Crippen LogP contribution in [-0.2, 0) is 32.0 Å². The van der Waals surface area contributed by atoms with Crippen LogP contribution in [0.3, 0.4) is 0 Å². The van der Waals surface area contributed by atoms with Gasteiger partial charge in [-0.1, -0.05) is 88.1 Å². The van der Waals surface area contributed by atoms with Crippen molar-refractivity contribution < 1.29 is 27.9 Å². The molecule has 1 saturated heterocycles. The van der Waals surface area contributed by atoms with Crippen molar-refractivity contribution in [2.24, 2.45) is 23.7 Å². The second-order valence-electron chi connectivity index (χ2n) is 15.3. The summed E-state index contributed by atoms with van der Waals surface area (Å²) in [6, 6.07) is 8.95. The van der Waals surface area contributed by atoms with Gasteiger partial charge in [-0.05, 0) is 71.6 Å². The van der Waals surface area contributed by atoms with Crippen molar-refractivity contribution in [3.05, 3.63) is 75.3 Å². The van der Waals surface area contributed by atoms with Crippen LogP contribution in [0.25, 0.3) is 5.57 Å². The average molecular weight is 770 g/mol. The van der Waals surface area contributed by atoms with Crippen LogP contribution in [0.5, 0.6) is 0 Å². The number of morpholine rings is 1. The molecule has 0 spiro atoms. The fourth-order valence-electron chi connectivity index (χ4n) is 8.05. The molecule has 53 heavy (non-hydrogen) atoms. The molecule has 5 rings (SSSR count). The van der Waals surface area contributed by atoms with Crippen LogP contribution >= 0.6 is 23.8 Å². The van der Waals surface area contributed by atoms with Crippen LogP contribution in [0.2, 0.25) is 5.02 Å². The van der Waals surface area contributed by atoms with Crippen molar-refractivity contribution in [1.29, 1.82) is 0 Å². The summed E-state index contributed by atoms with van der Waals surface area (Å²) < 4.78 is 34.7. The first-order valence-electron chi connectivity index (χ1n) is 19.2. The minimum Gasteiger partial charge on any atom is -0.379 e. The van der Waals surface area contributed by atoms with Crippen LogP contribution in [0.15, 0.2) is 42.0 Å². The minimum atomic E-state index is -1.30. The lowest BCUT2D eigenvalue weighted by atomic mass is 9.71. The van der Waals surface area contributed by atoms with Crippen LogP contribution in [-0.4, -0.2) is 72.3 Å². The summed E-state index contributed by atoms with van der Waals surface area (Å²) >= 11 is 12.5. The molecule has 11 heteroatoms. The number of allylic oxidation sites excluding steroid dienone is 1. The number of halogens is 3. The van der Waals surface area contributed by atoms with Gasteiger partial charge in [-0.15, -0.1) is 0 Å². The third-order valence-electron chi connectivity index (χ3n) is 11.9. The molecule has 0 aromatic heterocycles. The largest absolute Gasteiger partial charge is 0.379 e. The number of carbonyl (C=O) groups is 3. The van der Waals surface area contributed by atoms with E-state index in [1.807, 2.05) is 13.8 Å². The van der Waals surface area contributed by atoms with Gasteiger partial charge in [0.05, 0.1) is 18.2 Å². The molecule has 5 atom stereocenters. The first-order chi connectivity index (χ1) is 25.3. The Hall–Kier alpha value is -3.05. The normalized spacial score (nSPS) is 20.9. The molecule has 7 nitrogen and oxygen atoms in total. The van der Waals surface area contributed by atoms with Crippen LogP contribution in [0, 0.1) is 35.3 Å². The maximum Gasteiger partial charge on any atom is 0.224 e. The van der Waals surface area contributed by atoms with E-state index in [2.05, 4.69) is 29.4 Å². The molecular weight excluding hydrogens is 716 g/mol. The molecule has 1 fully saturated rings. The Morgan fingerprint density at radius 1 is 1.02 bits per heavy atom. The summed E-state index contributed by atoms with van der Waals surface area (Å²) in [5, 5.41) is 7.02. The van der Waals surface area contributed by atoms with E-state index in [1.165, 1.54) is 18.2 Å². The second kappa shape index (κ2) is 18.5. The number of hydrogen-bond donors (Lipinski definition) is 2. The average Bonchev–Trinajstić information content (AvgIpc) is 3.51. The molecule has 2 aromatic carbocycles. The van der Waals surface area contributed by atoms with Crippen LogP contribution in [0.1, 0.15) is 89.3 Å².